The molecule has 1 rings (SSSR count). The summed E-state index contributed by atoms with van der Waals surface area (Å²) >= 11 is 0. The molecule has 1 saturated heterocycles. The van der Waals surface area contributed by atoms with Crippen LogP contribution in [0.25, 0.3) is 0 Å². The number of hydrogen-bond acceptors (Lipinski definition) is 4. The largest absolute Gasteiger partial charge is 0.339 e. The standard InChI is InChI=1S/C14H30N4O/c1-4-5-6-13(15)14(19)18-11-9-17(10-12-18)8-7-16(2)3/h13H,4-12,15H2,1-3H3. The number of rotatable bonds is 7. The van der Waals surface area contributed by atoms with Gasteiger partial charge < -0.3 is 15.5 Å². The number of nitrogens with two attached hydrogens (primary N) is 1. The number of likely N-dealkylation sites (N-methyl/N-ethyl adjacent to an activating group) is 1. The van der Waals surface area contributed by atoms with Crippen LogP contribution in [0.2, 0.25) is 0 Å². The number of piperazine rings is 1. The zero-order chi connectivity index (χ0) is 14.3. The minimum atomic E-state index is -0.298. The van der Waals surface area contributed by atoms with Gasteiger partial charge in [-0.3, -0.25) is 9.69 Å². The SMILES string of the molecule is CCCCC(N)C(=O)N1CCN(CCN(C)C)CC1. The predicted molar refractivity (Wildman–Crippen MR) is 79.1 cm³/mol. The van der Waals surface area contributed by atoms with Gasteiger partial charge in [-0.05, 0) is 20.5 Å². The maximum absolute atomic E-state index is 12.2. The third kappa shape index (κ3) is 5.89. The molecule has 0 bridgehead atoms. The third-order valence-corrected chi connectivity index (χ3v) is 3.73. The van der Waals surface area contributed by atoms with E-state index in [9.17, 15) is 4.79 Å². The maximum Gasteiger partial charge on any atom is 0.239 e. The van der Waals surface area contributed by atoms with E-state index < -0.39 is 0 Å². The Balaban J connectivity index is 2.26. The molecule has 0 aromatic carbocycles. The fourth-order valence-electron chi connectivity index (χ4n) is 2.32. The monoisotopic (exact) mass is 270 g/mol. The minimum absolute atomic E-state index is 0.140. The first-order chi connectivity index (χ1) is 9.04. The lowest BCUT2D eigenvalue weighted by molar-refractivity contribution is -0.134. The lowest BCUT2D eigenvalue weighted by atomic mass is 10.1. The summed E-state index contributed by atoms with van der Waals surface area (Å²) in [6.45, 7) is 7.87. The van der Waals surface area contributed by atoms with Gasteiger partial charge in [-0.1, -0.05) is 19.8 Å². The van der Waals surface area contributed by atoms with Crippen molar-refractivity contribution in [2.75, 3.05) is 53.4 Å². The van der Waals surface area contributed by atoms with Crippen molar-refractivity contribution in [2.45, 2.75) is 32.2 Å². The first kappa shape index (κ1) is 16.4. The molecular weight excluding hydrogens is 240 g/mol. The van der Waals surface area contributed by atoms with E-state index in [1.54, 1.807) is 0 Å². The number of nitrogens with zero attached hydrogens (tertiary/aromatic N) is 3. The molecule has 2 N–H and O–H groups in total. The van der Waals surface area contributed by atoms with Crippen molar-refractivity contribution >= 4 is 5.91 Å². The second kappa shape index (κ2) is 8.51. The van der Waals surface area contributed by atoms with Crippen molar-refractivity contribution in [2.24, 2.45) is 5.73 Å². The first-order valence-electron chi connectivity index (χ1n) is 7.46. The van der Waals surface area contributed by atoms with Gasteiger partial charge in [0.15, 0.2) is 0 Å². The summed E-state index contributed by atoms with van der Waals surface area (Å²) in [7, 11) is 4.18. The van der Waals surface area contributed by atoms with Crippen LogP contribution in [-0.4, -0.2) is 80.0 Å². The third-order valence-electron chi connectivity index (χ3n) is 3.73. The molecule has 19 heavy (non-hydrogen) atoms. The van der Waals surface area contributed by atoms with Crippen molar-refractivity contribution in [3.8, 4) is 0 Å². The molecule has 1 fully saturated rings. The van der Waals surface area contributed by atoms with Gasteiger partial charge in [0.25, 0.3) is 0 Å². The normalized spacial score (nSPS) is 18.9. The van der Waals surface area contributed by atoms with Crippen LogP contribution in [-0.2, 0) is 4.79 Å². The van der Waals surface area contributed by atoms with Crippen molar-refractivity contribution in [3.63, 3.8) is 0 Å². The Morgan fingerprint density at radius 3 is 2.42 bits per heavy atom. The average molecular weight is 270 g/mol. The molecule has 5 nitrogen and oxygen atoms in total. The lowest BCUT2D eigenvalue weighted by Crippen LogP contribution is -2.53. The van der Waals surface area contributed by atoms with E-state index in [0.717, 1.165) is 58.5 Å². The number of carbonyl (C=O) groups is 1. The molecule has 1 aliphatic rings. The zero-order valence-corrected chi connectivity index (χ0v) is 12.8. The molecular formula is C14H30N4O. The Morgan fingerprint density at radius 2 is 1.89 bits per heavy atom. The van der Waals surface area contributed by atoms with Gasteiger partial charge in [0.05, 0.1) is 6.04 Å². The van der Waals surface area contributed by atoms with Crippen LogP contribution in [0.5, 0.6) is 0 Å². The van der Waals surface area contributed by atoms with Gasteiger partial charge in [0, 0.05) is 39.3 Å². The molecule has 0 spiro atoms. The van der Waals surface area contributed by atoms with Crippen molar-refractivity contribution < 1.29 is 4.79 Å². The topological polar surface area (TPSA) is 52.8 Å². The first-order valence-corrected chi connectivity index (χ1v) is 7.46. The average Bonchev–Trinajstić information content (AvgIpc) is 2.42. The summed E-state index contributed by atoms with van der Waals surface area (Å²) < 4.78 is 0. The number of unbranched alkanes of at least 4 members (excludes halogenated alkanes) is 1. The Kier molecular flexibility index (Phi) is 7.34. The fraction of sp³-hybridized carbons (Fsp3) is 0.929. The number of hydrogen-bond donors (Lipinski definition) is 1. The maximum atomic E-state index is 12.2. The summed E-state index contributed by atoms with van der Waals surface area (Å²) in [5.74, 6) is 0.140. The number of carbonyl (C=O) groups excluding carboxylic acids is 1. The Bertz CT molecular complexity index is 262. The summed E-state index contributed by atoms with van der Waals surface area (Å²) in [5, 5.41) is 0. The molecule has 5 heteroatoms. The molecule has 112 valence electrons. The lowest BCUT2D eigenvalue weighted by Gasteiger charge is -2.36. The van der Waals surface area contributed by atoms with E-state index in [4.69, 9.17) is 5.73 Å². The highest BCUT2D eigenvalue weighted by Gasteiger charge is 2.24. The highest BCUT2D eigenvalue weighted by atomic mass is 16.2. The molecule has 1 amide bonds. The Morgan fingerprint density at radius 1 is 1.26 bits per heavy atom. The van der Waals surface area contributed by atoms with Gasteiger partial charge in [-0.25, -0.2) is 0 Å². The molecule has 0 aliphatic carbocycles. The molecule has 0 radical (unpaired) electrons. The van der Waals surface area contributed by atoms with Gasteiger partial charge in [-0.2, -0.15) is 0 Å². The summed E-state index contributed by atoms with van der Waals surface area (Å²) in [4.78, 5) is 18.7. The Labute approximate surface area is 117 Å². The molecule has 1 unspecified atom stereocenters. The van der Waals surface area contributed by atoms with E-state index in [1.165, 1.54) is 0 Å². The fourth-order valence-corrected chi connectivity index (χ4v) is 2.32. The molecule has 1 atom stereocenters. The van der Waals surface area contributed by atoms with Gasteiger partial charge in [-0.15, -0.1) is 0 Å². The van der Waals surface area contributed by atoms with Crippen LogP contribution in [0, 0.1) is 0 Å². The Hall–Kier alpha value is -0.650. The van der Waals surface area contributed by atoms with Crippen LogP contribution in [0.15, 0.2) is 0 Å². The molecule has 0 aromatic rings. The molecule has 1 aliphatic heterocycles. The van der Waals surface area contributed by atoms with Crippen LogP contribution >= 0.6 is 0 Å². The van der Waals surface area contributed by atoms with E-state index in [1.807, 2.05) is 4.90 Å². The zero-order valence-electron chi connectivity index (χ0n) is 12.8. The highest BCUT2D eigenvalue weighted by molar-refractivity contribution is 5.81. The smallest absolute Gasteiger partial charge is 0.239 e. The summed E-state index contributed by atoms with van der Waals surface area (Å²) in [6.07, 6.45) is 2.95. The van der Waals surface area contributed by atoms with Crippen molar-refractivity contribution in [3.05, 3.63) is 0 Å². The van der Waals surface area contributed by atoms with E-state index in [-0.39, 0.29) is 11.9 Å². The summed E-state index contributed by atoms with van der Waals surface area (Å²) in [5.41, 5.74) is 5.96. The highest BCUT2D eigenvalue weighted by Crippen LogP contribution is 2.07. The van der Waals surface area contributed by atoms with Crippen molar-refractivity contribution in [1.29, 1.82) is 0 Å². The quantitative estimate of drug-likeness (QED) is 0.718. The van der Waals surface area contributed by atoms with Crippen molar-refractivity contribution in [1.82, 2.24) is 14.7 Å². The minimum Gasteiger partial charge on any atom is -0.339 e. The van der Waals surface area contributed by atoms with E-state index >= 15 is 0 Å². The predicted octanol–water partition coefficient (Wildman–Crippen LogP) is 0.210. The molecule has 0 aromatic heterocycles. The number of amides is 1. The van der Waals surface area contributed by atoms with Crippen LogP contribution in [0.3, 0.4) is 0 Å². The molecule has 1 heterocycles. The molecule has 0 saturated carbocycles. The van der Waals surface area contributed by atoms with E-state index in [2.05, 4.69) is 30.8 Å². The van der Waals surface area contributed by atoms with Gasteiger partial charge >= 0.3 is 0 Å². The van der Waals surface area contributed by atoms with Crippen LogP contribution < -0.4 is 5.73 Å². The van der Waals surface area contributed by atoms with Crippen LogP contribution in [0.4, 0.5) is 0 Å². The summed E-state index contributed by atoms with van der Waals surface area (Å²) in [6, 6.07) is -0.298. The second-order valence-corrected chi connectivity index (χ2v) is 5.72. The van der Waals surface area contributed by atoms with E-state index in [0.29, 0.717) is 0 Å². The van der Waals surface area contributed by atoms with Crippen LogP contribution in [0.1, 0.15) is 26.2 Å². The van der Waals surface area contributed by atoms with Gasteiger partial charge in [0.1, 0.15) is 0 Å². The van der Waals surface area contributed by atoms with Gasteiger partial charge in [0.2, 0.25) is 5.91 Å². The second-order valence-electron chi connectivity index (χ2n) is 5.72.